The molecule has 1 aromatic heterocycles. The minimum atomic E-state index is 0.694. The lowest BCUT2D eigenvalue weighted by Gasteiger charge is -2.26. The van der Waals surface area contributed by atoms with E-state index in [4.69, 9.17) is 9.72 Å². The molecule has 2 aliphatic rings. The van der Waals surface area contributed by atoms with Crippen LogP contribution in [0.25, 0.3) is 0 Å². The lowest BCUT2D eigenvalue weighted by atomic mass is 9.87. The smallest absolute Gasteiger partial charge is 0.213 e. The molecule has 0 spiro atoms. The molecule has 122 valence electrons. The van der Waals surface area contributed by atoms with E-state index >= 15 is 0 Å². The molecule has 0 amide bonds. The SMILES string of the molecule is CCOc1ccc2c(n1)CCN(CCC1CCCCC1)CC2. The molecule has 1 aliphatic carbocycles. The Kier molecular flexibility index (Phi) is 5.71. The molecule has 0 atom stereocenters. The Morgan fingerprint density at radius 1 is 1.14 bits per heavy atom. The summed E-state index contributed by atoms with van der Waals surface area (Å²) in [5, 5.41) is 0. The van der Waals surface area contributed by atoms with E-state index in [1.807, 2.05) is 13.0 Å². The van der Waals surface area contributed by atoms with Crippen molar-refractivity contribution in [3.8, 4) is 5.88 Å². The predicted molar refractivity (Wildman–Crippen MR) is 90.4 cm³/mol. The zero-order valence-electron chi connectivity index (χ0n) is 14.0. The van der Waals surface area contributed by atoms with Gasteiger partial charge in [0.05, 0.1) is 6.61 Å². The van der Waals surface area contributed by atoms with Gasteiger partial charge in [-0.3, -0.25) is 0 Å². The van der Waals surface area contributed by atoms with Crippen molar-refractivity contribution >= 4 is 0 Å². The van der Waals surface area contributed by atoms with E-state index in [2.05, 4.69) is 11.0 Å². The van der Waals surface area contributed by atoms with Crippen LogP contribution in [0.4, 0.5) is 0 Å². The lowest BCUT2D eigenvalue weighted by molar-refractivity contribution is 0.239. The van der Waals surface area contributed by atoms with Crippen LogP contribution < -0.4 is 4.74 Å². The number of ether oxygens (including phenoxy) is 1. The van der Waals surface area contributed by atoms with Crippen molar-refractivity contribution in [1.29, 1.82) is 0 Å². The van der Waals surface area contributed by atoms with Gasteiger partial charge in [-0.1, -0.05) is 38.2 Å². The van der Waals surface area contributed by atoms with Gasteiger partial charge in [-0.05, 0) is 37.8 Å². The summed E-state index contributed by atoms with van der Waals surface area (Å²) in [7, 11) is 0. The third-order valence-corrected chi connectivity index (χ3v) is 5.28. The highest BCUT2D eigenvalue weighted by Crippen LogP contribution is 2.27. The van der Waals surface area contributed by atoms with Gasteiger partial charge < -0.3 is 9.64 Å². The van der Waals surface area contributed by atoms with Crippen molar-refractivity contribution in [3.05, 3.63) is 23.4 Å². The maximum absolute atomic E-state index is 5.54. The highest BCUT2D eigenvalue weighted by atomic mass is 16.5. The zero-order valence-corrected chi connectivity index (χ0v) is 14.0. The second-order valence-corrected chi connectivity index (χ2v) is 6.82. The maximum Gasteiger partial charge on any atom is 0.213 e. The minimum absolute atomic E-state index is 0.694. The van der Waals surface area contributed by atoms with E-state index in [0.29, 0.717) is 6.61 Å². The summed E-state index contributed by atoms with van der Waals surface area (Å²) in [5.74, 6) is 1.78. The summed E-state index contributed by atoms with van der Waals surface area (Å²) in [4.78, 5) is 7.35. The largest absolute Gasteiger partial charge is 0.478 e. The van der Waals surface area contributed by atoms with Gasteiger partial charge in [-0.15, -0.1) is 0 Å². The summed E-state index contributed by atoms with van der Waals surface area (Å²) >= 11 is 0. The zero-order chi connectivity index (χ0) is 15.2. The number of hydrogen-bond acceptors (Lipinski definition) is 3. The first kappa shape index (κ1) is 15.8. The molecule has 1 fully saturated rings. The molecular weight excluding hydrogens is 272 g/mol. The minimum Gasteiger partial charge on any atom is -0.478 e. The van der Waals surface area contributed by atoms with Crippen LogP contribution in [-0.2, 0) is 12.8 Å². The van der Waals surface area contributed by atoms with Crippen LogP contribution in [0.2, 0.25) is 0 Å². The summed E-state index contributed by atoms with van der Waals surface area (Å²) in [6.45, 7) is 6.33. The Morgan fingerprint density at radius 2 is 1.95 bits per heavy atom. The van der Waals surface area contributed by atoms with Crippen molar-refractivity contribution in [2.45, 2.75) is 58.3 Å². The second-order valence-electron chi connectivity index (χ2n) is 6.82. The molecule has 3 nitrogen and oxygen atoms in total. The van der Waals surface area contributed by atoms with Crippen LogP contribution in [-0.4, -0.2) is 36.1 Å². The van der Waals surface area contributed by atoms with Gasteiger partial charge in [0, 0.05) is 31.3 Å². The normalized spacial score (nSPS) is 20.4. The molecule has 3 rings (SSSR count). The second kappa shape index (κ2) is 7.96. The van der Waals surface area contributed by atoms with E-state index in [0.717, 1.165) is 31.2 Å². The van der Waals surface area contributed by atoms with Crippen LogP contribution in [0.15, 0.2) is 12.1 Å². The van der Waals surface area contributed by atoms with Crippen molar-refractivity contribution in [1.82, 2.24) is 9.88 Å². The fourth-order valence-corrected chi connectivity index (χ4v) is 3.90. The van der Waals surface area contributed by atoms with E-state index in [9.17, 15) is 0 Å². The van der Waals surface area contributed by atoms with E-state index < -0.39 is 0 Å². The molecule has 2 heterocycles. The molecule has 0 aromatic carbocycles. The number of nitrogens with zero attached hydrogens (tertiary/aromatic N) is 2. The molecule has 1 aliphatic heterocycles. The molecular formula is C19H30N2O. The van der Waals surface area contributed by atoms with Crippen LogP contribution in [0, 0.1) is 5.92 Å². The molecule has 0 bridgehead atoms. The average molecular weight is 302 g/mol. The Labute approximate surface area is 135 Å². The molecule has 0 unspecified atom stereocenters. The van der Waals surface area contributed by atoms with Crippen molar-refractivity contribution in [2.24, 2.45) is 5.92 Å². The average Bonchev–Trinajstić information content (AvgIpc) is 2.76. The first-order valence-electron chi connectivity index (χ1n) is 9.19. The van der Waals surface area contributed by atoms with Crippen LogP contribution >= 0.6 is 0 Å². The molecule has 1 saturated carbocycles. The quantitative estimate of drug-likeness (QED) is 0.826. The Morgan fingerprint density at radius 3 is 2.77 bits per heavy atom. The van der Waals surface area contributed by atoms with Gasteiger partial charge in [0.15, 0.2) is 0 Å². The van der Waals surface area contributed by atoms with Gasteiger partial charge >= 0.3 is 0 Å². The van der Waals surface area contributed by atoms with E-state index in [1.54, 1.807) is 0 Å². The van der Waals surface area contributed by atoms with Gasteiger partial charge in [-0.2, -0.15) is 0 Å². The van der Waals surface area contributed by atoms with Gasteiger partial charge in [0.2, 0.25) is 5.88 Å². The summed E-state index contributed by atoms with van der Waals surface area (Å²) < 4.78 is 5.54. The van der Waals surface area contributed by atoms with Crippen LogP contribution in [0.5, 0.6) is 5.88 Å². The Bertz CT molecular complexity index is 469. The molecule has 3 heteroatoms. The van der Waals surface area contributed by atoms with Crippen molar-refractivity contribution < 1.29 is 4.74 Å². The third kappa shape index (κ3) is 4.22. The third-order valence-electron chi connectivity index (χ3n) is 5.28. The summed E-state index contributed by atoms with van der Waals surface area (Å²) in [6.07, 6.45) is 10.9. The summed E-state index contributed by atoms with van der Waals surface area (Å²) in [6, 6.07) is 4.25. The molecule has 0 N–H and O–H groups in total. The number of rotatable bonds is 5. The summed E-state index contributed by atoms with van der Waals surface area (Å²) in [5.41, 5.74) is 2.68. The molecule has 0 saturated heterocycles. The monoisotopic (exact) mass is 302 g/mol. The van der Waals surface area contributed by atoms with Crippen molar-refractivity contribution in [3.63, 3.8) is 0 Å². The number of hydrogen-bond donors (Lipinski definition) is 0. The van der Waals surface area contributed by atoms with E-state index in [1.165, 1.54) is 62.9 Å². The topological polar surface area (TPSA) is 25.4 Å². The molecule has 22 heavy (non-hydrogen) atoms. The Hall–Kier alpha value is -1.09. The fraction of sp³-hybridized carbons (Fsp3) is 0.737. The van der Waals surface area contributed by atoms with Gasteiger partial charge in [0.25, 0.3) is 0 Å². The standard InChI is InChI=1S/C19H30N2O/c1-2-22-19-9-8-17-11-14-21(15-12-18(17)20-19)13-10-16-6-4-3-5-7-16/h8-9,16H,2-7,10-15H2,1H3. The lowest BCUT2D eigenvalue weighted by Crippen LogP contribution is -2.29. The first-order chi connectivity index (χ1) is 10.8. The first-order valence-corrected chi connectivity index (χ1v) is 9.19. The molecule has 1 aromatic rings. The number of fused-ring (bicyclic) bond motifs is 1. The highest BCUT2D eigenvalue weighted by Gasteiger charge is 2.18. The van der Waals surface area contributed by atoms with Gasteiger partial charge in [0.1, 0.15) is 0 Å². The highest BCUT2D eigenvalue weighted by molar-refractivity contribution is 5.27. The van der Waals surface area contributed by atoms with Crippen LogP contribution in [0.3, 0.4) is 0 Å². The van der Waals surface area contributed by atoms with Crippen LogP contribution in [0.1, 0.15) is 56.7 Å². The predicted octanol–water partition coefficient (Wildman–Crippen LogP) is 3.85. The number of aromatic nitrogens is 1. The fourth-order valence-electron chi connectivity index (χ4n) is 3.90. The van der Waals surface area contributed by atoms with Gasteiger partial charge in [-0.25, -0.2) is 4.98 Å². The van der Waals surface area contributed by atoms with E-state index in [-0.39, 0.29) is 0 Å². The molecule has 0 radical (unpaired) electrons. The maximum atomic E-state index is 5.54. The number of pyridine rings is 1. The van der Waals surface area contributed by atoms with Crippen molar-refractivity contribution in [2.75, 3.05) is 26.2 Å². The Balaban J connectivity index is 1.51.